The number of unbranched alkanes of at least 4 members (excludes halogenated alkanes) is 3. The highest BCUT2D eigenvalue weighted by atomic mass is 16.3. The molecule has 0 aliphatic carbocycles. The second kappa shape index (κ2) is 35.9. The highest BCUT2D eigenvalue weighted by Gasteiger charge is 2.37. The van der Waals surface area contributed by atoms with Crippen LogP contribution in [0.25, 0.3) is 0 Å². The summed E-state index contributed by atoms with van der Waals surface area (Å²) in [5.74, 6) is -9.51. The number of benzene rings is 1. The lowest BCUT2D eigenvalue weighted by atomic mass is 10.00. The number of nitrogens with two attached hydrogens (primary N) is 4. The molecule has 1 aliphatic heterocycles. The minimum atomic E-state index is -1.67. The Morgan fingerprint density at radius 1 is 0.590 bits per heavy atom. The molecule has 21 N–H and O–H groups in total. The van der Waals surface area contributed by atoms with Gasteiger partial charge in [-0.05, 0) is 96.5 Å². The maximum absolute atomic E-state index is 14.4. The average molecular weight is 1110 g/mol. The number of carbonyl (C=O) groups excluding carboxylic acids is 10. The van der Waals surface area contributed by atoms with Crippen molar-refractivity contribution in [3.05, 3.63) is 35.9 Å². The van der Waals surface area contributed by atoms with E-state index in [2.05, 4.69) is 53.2 Å². The van der Waals surface area contributed by atoms with Crippen LogP contribution in [0.1, 0.15) is 111 Å². The van der Waals surface area contributed by atoms with Crippen molar-refractivity contribution >= 4 is 59.1 Å². The molecule has 1 aliphatic rings. The minimum absolute atomic E-state index is 0.0530. The molecule has 12 atom stereocenters. The largest absolute Gasteiger partial charge is 0.391 e. The highest BCUT2D eigenvalue weighted by Crippen LogP contribution is 2.12. The van der Waals surface area contributed by atoms with Gasteiger partial charge in [-0.15, -0.1) is 0 Å². The van der Waals surface area contributed by atoms with Gasteiger partial charge in [0.05, 0.1) is 12.2 Å². The quantitative estimate of drug-likeness (QED) is 0.0407. The molecule has 3 unspecified atom stereocenters. The van der Waals surface area contributed by atoms with Crippen molar-refractivity contribution < 1.29 is 63.3 Å². The smallest absolute Gasteiger partial charge is 0.249 e. The normalized spacial score (nSPS) is 23.6. The third-order valence-corrected chi connectivity index (χ3v) is 12.7. The van der Waals surface area contributed by atoms with Crippen molar-refractivity contribution in [1.29, 1.82) is 0 Å². The van der Waals surface area contributed by atoms with Gasteiger partial charge in [-0.25, -0.2) is 0 Å². The van der Waals surface area contributed by atoms with Crippen LogP contribution in [-0.4, -0.2) is 180 Å². The molecule has 1 aromatic rings. The number of amides is 10. The molecule has 27 nitrogen and oxygen atoms in total. The van der Waals surface area contributed by atoms with Gasteiger partial charge in [0.15, 0.2) is 0 Å². The standard InChI is InChI=1S/C51H88N14O13/c1-6-7-8-12-15-39(68)49(76)65-41(30(5)67)51(78)61-34(18-23-54)43(70)60-36-20-25-56-50(77)40(29(4)66)64-46(73)35(19-24-55)58-42(69)32(16-21-52)59-47(74)37(26-28(2)3)62-48(75)38(27-31-13-10-9-11-14-31)63-44(71)33(17-22-53)57-45(36)72/h9-11,13-14,28-30,32-41,66-68H,6-8,12,15-27,52-55H2,1-5H3,(H,56,77)(H,57,72)(H,58,69)(H,59,74)(H,60,70)(H,61,78)(H,62,75)(H,63,71)(H,64,73)(H,65,76)/t29?,30?,32-,33-,34-,35-,36-,37-,38+,39?,40-,41-/m0/s1. The van der Waals surface area contributed by atoms with Crippen LogP contribution in [0, 0.1) is 5.92 Å². The van der Waals surface area contributed by atoms with E-state index in [4.69, 9.17) is 22.9 Å². The van der Waals surface area contributed by atoms with Crippen LogP contribution in [0.5, 0.6) is 0 Å². The summed E-state index contributed by atoms with van der Waals surface area (Å²) in [6.45, 7) is 6.90. The van der Waals surface area contributed by atoms with Crippen LogP contribution >= 0.6 is 0 Å². The lowest BCUT2D eigenvalue weighted by Crippen LogP contribution is -2.61. The van der Waals surface area contributed by atoms with E-state index in [0.717, 1.165) is 19.3 Å². The zero-order valence-electron chi connectivity index (χ0n) is 45.6. The SMILES string of the molecule is CCCCCCC(O)C(=O)N[C@H](C(=O)N[C@@H](CCN)C(=O)N[C@H]1CCNC(=O)[C@H](C(C)O)NC(=O)[C@H](CCN)NC(=O)[C@H](CCN)NC(=O)[C@H](CC(C)C)NC(=O)[C@@H](Cc2ccccc2)NC(=O)[C@H](CCN)NC1=O)C(C)O. The number of aliphatic hydroxyl groups excluding tert-OH is 3. The summed E-state index contributed by atoms with van der Waals surface area (Å²) in [4.78, 5) is 139. The molecule has 10 amide bonds. The minimum Gasteiger partial charge on any atom is -0.391 e. The Morgan fingerprint density at radius 3 is 1.62 bits per heavy atom. The van der Waals surface area contributed by atoms with Gasteiger partial charge in [-0.2, -0.15) is 0 Å². The summed E-state index contributed by atoms with van der Waals surface area (Å²) in [6, 6.07) is -4.85. The molecule has 1 saturated heterocycles. The van der Waals surface area contributed by atoms with E-state index in [1.54, 1.807) is 44.2 Å². The highest BCUT2D eigenvalue weighted by molar-refractivity contribution is 5.99. The average Bonchev–Trinajstić information content (AvgIpc) is 3.38. The third-order valence-electron chi connectivity index (χ3n) is 12.7. The zero-order chi connectivity index (χ0) is 58.5. The summed E-state index contributed by atoms with van der Waals surface area (Å²) in [6.07, 6.45) is -2.65. The Balaban J connectivity index is 2.71. The van der Waals surface area contributed by atoms with Crippen molar-refractivity contribution in [2.75, 3.05) is 32.7 Å². The van der Waals surface area contributed by atoms with E-state index in [1.165, 1.54) is 13.8 Å². The summed E-state index contributed by atoms with van der Waals surface area (Å²) >= 11 is 0. The van der Waals surface area contributed by atoms with Gasteiger partial charge < -0.3 is 91.4 Å². The van der Waals surface area contributed by atoms with Gasteiger partial charge in [0.2, 0.25) is 59.1 Å². The first-order valence-electron chi connectivity index (χ1n) is 26.9. The van der Waals surface area contributed by atoms with Gasteiger partial charge in [0.1, 0.15) is 60.5 Å². The topological polar surface area (TPSA) is 456 Å². The number of aliphatic hydroxyl groups is 3. The Kier molecular flexibility index (Phi) is 31.2. The molecule has 78 heavy (non-hydrogen) atoms. The molecule has 1 aromatic carbocycles. The van der Waals surface area contributed by atoms with Crippen LogP contribution in [0.4, 0.5) is 0 Å². The van der Waals surface area contributed by atoms with E-state index < -0.39 is 145 Å². The maximum atomic E-state index is 14.4. The summed E-state index contributed by atoms with van der Waals surface area (Å²) in [7, 11) is 0. The molecule has 2 rings (SSSR count). The fraction of sp³-hybridized carbons (Fsp3) is 0.686. The molecule has 0 spiro atoms. The van der Waals surface area contributed by atoms with Crippen molar-refractivity contribution in [2.24, 2.45) is 28.9 Å². The van der Waals surface area contributed by atoms with Crippen LogP contribution in [0.2, 0.25) is 0 Å². The zero-order valence-corrected chi connectivity index (χ0v) is 45.6. The summed E-state index contributed by atoms with van der Waals surface area (Å²) in [5.41, 5.74) is 24.0. The summed E-state index contributed by atoms with van der Waals surface area (Å²) in [5, 5.41) is 57.0. The first-order chi connectivity index (χ1) is 37.0. The van der Waals surface area contributed by atoms with E-state index in [9.17, 15) is 63.3 Å². The van der Waals surface area contributed by atoms with E-state index in [1.807, 2.05) is 6.92 Å². The Labute approximate surface area is 456 Å². The predicted octanol–water partition coefficient (Wildman–Crippen LogP) is -5.35. The van der Waals surface area contributed by atoms with Gasteiger partial charge in [-0.1, -0.05) is 76.8 Å². The molecular formula is C51H88N14O13. The van der Waals surface area contributed by atoms with E-state index >= 15 is 0 Å². The lowest BCUT2D eigenvalue weighted by Gasteiger charge is -2.28. The molecular weight excluding hydrogens is 1020 g/mol. The fourth-order valence-corrected chi connectivity index (χ4v) is 8.33. The number of rotatable bonds is 25. The molecule has 1 fully saturated rings. The van der Waals surface area contributed by atoms with Gasteiger partial charge in [0.25, 0.3) is 0 Å². The van der Waals surface area contributed by atoms with E-state index in [-0.39, 0.29) is 77.0 Å². The third kappa shape index (κ3) is 23.7. The van der Waals surface area contributed by atoms with Crippen LogP contribution in [-0.2, 0) is 54.4 Å². The Hall–Kier alpha value is -6.36. The second-order valence-corrected chi connectivity index (χ2v) is 20.0. The van der Waals surface area contributed by atoms with E-state index in [0.29, 0.717) is 12.0 Å². The molecule has 0 saturated carbocycles. The monoisotopic (exact) mass is 1100 g/mol. The first kappa shape index (κ1) is 67.7. The number of hydrogen-bond acceptors (Lipinski definition) is 17. The Bertz CT molecular complexity index is 2100. The van der Waals surface area contributed by atoms with Crippen LogP contribution < -0.4 is 76.1 Å². The number of hydrogen-bond donors (Lipinski definition) is 17. The number of nitrogens with one attached hydrogen (secondary N) is 10. The van der Waals surface area contributed by atoms with Crippen molar-refractivity contribution in [1.82, 2.24) is 53.2 Å². The number of carbonyl (C=O) groups is 10. The predicted molar refractivity (Wildman–Crippen MR) is 287 cm³/mol. The fourth-order valence-electron chi connectivity index (χ4n) is 8.33. The lowest BCUT2D eigenvalue weighted by molar-refractivity contribution is -0.138. The van der Waals surface area contributed by atoms with Crippen LogP contribution in [0.15, 0.2) is 30.3 Å². The molecule has 0 bridgehead atoms. The second-order valence-electron chi connectivity index (χ2n) is 20.0. The van der Waals surface area contributed by atoms with Gasteiger partial charge >= 0.3 is 0 Å². The van der Waals surface area contributed by atoms with Gasteiger partial charge in [-0.3, -0.25) is 47.9 Å². The molecule has 1 heterocycles. The van der Waals surface area contributed by atoms with Crippen molar-refractivity contribution in [3.8, 4) is 0 Å². The van der Waals surface area contributed by atoms with Crippen molar-refractivity contribution in [3.63, 3.8) is 0 Å². The van der Waals surface area contributed by atoms with Crippen LogP contribution in [0.3, 0.4) is 0 Å². The molecule has 27 heteroatoms. The summed E-state index contributed by atoms with van der Waals surface area (Å²) < 4.78 is 0. The van der Waals surface area contributed by atoms with Gasteiger partial charge in [0, 0.05) is 13.0 Å². The molecule has 0 radical (unpaired) electrons. The Morgan fingerprint density at radius 2 is 1.10 bits per heavy atom. The first-order valence-corrected chi connectivity index (χ1v) is 26.9. The van der Waals surface area contributed by atoms with Crippen molar-refractivity contribution in [2.45, 2.75) is 184 Å². The maximum Gasteiger partial charge on any atom is 0.249 e. The molecule has 0 aromatic heterocycles. The molecule has 440 valence electrons.